The summed E-state index contributed by atoms with van der Waals surface area (Å²) in [6.45, 7) is 4.37. The van der Waals surface area contributed by atoms with E-state index in [9.17, 15) is 4.79 Å². The average molecular weight is 337 g/mol. The Kier molecular flexibility index (Phi) is 6.12. The van der Waals surface area contributed by atoms with Crippen molar-refractivity contribution < 1.29 is 9.32 Å². The third kappa shape index (κ3) is 4.77. The number of rotatable bonds is 7. The lowest BCUT2D eigenvalue weighted by Gasteiger charge is -2.17. The van der Waals surface area contributed by atoms with Crippen molar-refractivity contribution in [3.63, 3.8) is 0 Å². The van der Waals surface area contributed by atoms with E-state index in [1.807, 2.05) is 26.0 Å². The van der Waals surface area contributed by atoms with Gasteiger partial charge in [0.1, 0.15) is 0 Å². The van der Waals surface area contributed by atoms with Crippen LogP contribution in [0.3, 0.4) is 0 Å². The van der Waals surface area contributed by atoms with Crippen molar-refractivity contribution in [2.75, 3.05) is 6.54 Å². The van der Waals surface area contributed by atoms with Gasteiger partial charge in [-0.25, -0.2) is 0 Å². The molecule has 0 spiro atoms. The molecule has 1 amide bonds. The number of carbonyl (C=O) groups excluding carboxylic acids is 1. The minimum absolute atomic E-state index is 0.146. The third-order valence-corrected chi connectivity index (χ3v) is 3.98. The van der Waals surface area contributed by atoms with Crippen molar-refractivity contribution in [3.8, 4) is 11.4 Å². The molecule has 1 aromatic heterocycles. The summed E-state index contributed by atoms with van der Waals surface area (Å²) in [7, 11) is 0. The van der Waals surface area contributed by atoms with E-state index in [1.165, 1.54) is 0 Å². The normalized spacial score (nSPS) is 13.6. The zero-order valence-electron chi connectivity index (χ0n) is 13.3. The SMILES string of the molecule is CCC(C)C(N)C(=O)NCCc1nc(-c2cccc(Cl)c2)no1. The molecule has 124 valence electrons. The molecule has 2 unspecified atom stereocenters. The Labute approximate surface area is 140 Å². The first kappa shape index (κ1) is 17.4. The number of hydrogen-bond donors (Lipinski definition) is 2. The number of hydrogen-bond acceptors (Lipinski definition) is 5. The van der Waals surface area contributed by atoms with Gasteiger partial charge in [0.05, 0.1) is 6.04 Å². The van der Waals surface area contributed by atoms with Gasteiger partial charge >= 0.3 is 0 Å². The molecule has 1 heterocycles. The number of amides is 1. The van der Waals surface area contributed by atoms with Gasteiger partial charge in [-0.3, -0.25) is 4.79 Å². The number of nitrogens with two attached hydrogens (primary N) is 1. The molecule has 0 radical (unpaired) electrons. The summed E-state index contributed by atoms with van der Waals surface area (Å²) < 4.78 is 5.18. The lowest BCUT2D eigenvalue weighted by molar-refractivity contribution is -0.123. The summed E-state index contributed by atoms with van der Waals surface area (Å²) in [5.41, 5.74) is 6.66. The summed E-state index contributed by atoms with van der Waals surface area (Å²) in [5.74, 6) is 0.921. The van der Waals surface area contributed by atoms with Crippen LogP contribution in [0.2, 0.25) is 5.02 Å². The Morgan fingerprint density at radius 3 is 2.96 bits per heavy atom. The maximum Gasteiger partial charge on any atom is 0.237 e. The highest BCUT2D eigenvalue weighted by atomic mass is 35.5. The van der Waals surface area contributed by atoms with E-state index in [0.717, 1.165) is 12.0 Å². The summed E-state index contributed by atoms with van der Waals surface area (Å²) in [4.78, 5) is 16.2. The molecule has 0 saturated heterocycles. The van der Waals surface area contributed by atoms with Crippen LogP contribution in [0.1, 0.15) is 26.2 Å². The number of halogens is 1. The lowest BCUT2D eigenvalue weighted by Crippen LogP contribution is -2.45. The van der Waals surface area contributed by atoms with Crippen LogP contribution in [0, 0.1) is 5.92 Å². The van der Waals surface area contributed by atoms with Crippen LogP contribution in [0.15, 0.2) is 28.8 Å². The van der Waals surface area contributed by atoms with Gasteiger partial charge in [0.25, 0.3) is 0 Å². The molecular weight excluding hydrogens is 316 g/mol. The monoisotopic (exact) mass is 336 g/mol. The molecule has 1 aromatic carbocycles. The smallest absolute Gasteiger partial charge is 0.237 e. The van der Waals surface area contributed by atoms with E-state index < -0.39 is 6.04 Å². The second-order valence-corrected chi connectivity index (χ2v) is 5.91. The summed E-state index contributed by atoms with van der Waals surface area (Å²) in [6, 6.07) is 6.73. The maximum atomic E-state index is 11.9. The Balaban J connectivity index is 1.87. The number of aromatic nitrogens is 2. The fourth-order valence-electron chi connectivity index (χ4n) is 2.02. The molecule has 6 nitrogen and oxygen atoms in total. The predicted molar refractivity (Wildman–Crippen MR) is 88.9 cm³/mol. The van der Waals surface area contributed by atoms with Crippen LogP contribution < -0.4 is 11.1 Å². The Hall–Kier alpha value is -1.92. The number of benzene rings is 1. The Morgan fingerprint density at radius 1 is 1.48 bits per heavy atom. The molecule has 2 aromatic rings. The second kappa shape index (κ2) is 8.08. The number of nitrogens with one attached hydrogen (secondary N) is 1. The van der Waals surface area contributed by atoms with Crippen LogP contribution in [-0.2, 0) is 11.2 Å². The lowest BCUT2D eigenvalue weighted by atomic mass is 9.99. The number of nitrogens with zero attached hydrogens (tertiary/aromatic N) is 2. The predicted octanol–water partition coefficient (Wildman–Crippen LogP) is 2.42. The molecule has 2 rings (SSSR count). The molecule has 0 bridgehead atoms. The van der Waals surface area contributed by atoms with Crippen molar-refractivity contribution >= 4 is 17.5 Å². The first-order valence-corrected chi connectivity index (χ1v) is 8.01. The molecule has 7 heteroatoms. The van der Waals surface area contributed by atoms with Gasteiger partial charge in [0.2, 0.25) is 17.6 Å². The van der Waals surface area contributed by atoms with Crippen LogP contribution in [0.5, 0.6) is 0 Å². The first-order valence-electron chi connectivity index (χ1n) is 7.63. The minimum atomic E-state index is -0.496. The molecule has 0 saturated carbocycles. The zero-order chi connectivity index (χ0) is 16.8. The Morgan fingerprint density at radius 2 is 2.26 bits per heavy atom. The molecule has 23 heavy (non-hydrogen) atoms. The summed E-state index contributed by atoms with van der Waals surface area (Å²) in [5, 5.41) is 7.32. The highest BCUT2D eigenvalue weighted by molar-refractivity contribution is 6.30. The Bertz CT molecular complexity index is 659. The second-order valence-electron chi connectivity index (χ2n) is 5.47. The molecular formula is C16H21ClN4O2. The van der Waals surface area contributed by atoms with Crippen molar-refractivity contribution in [1.82, 2.24) is 15.5 Å². The third-order valence-electron chi connectivity index (χ3n) is 3.75. The largest absolute Gasteiger partial charge is 0.354 e. The summed E-state index contributed by atoms with van der Waals surface area (Å²) >= 11 is 5.94. The van der Waals surface area contributed by atoms with Crippen molar-refractivity contribution in [1.29, 1.82) is 0 Å². The highest BCUT2D eigenvalue weighted by Crippen LogP contribution is 2.19. The fraction of sp³-hybridized carbons (Fsp3) is 0.438. The van der Waals surface area contributed by atoms with E-state index in [4.69, 9.17) is 21.9 Å². The van der Waals surface area contributed by atoms with Crippen molar-refractivity contribution in [2.45, 2.75) is 32.7 Å². The number of carbonyl (C=O) groups is 1. The van der Waals surface area contributed by atoms with Gasteiger partial charge in [-0.15, -0.1) is 0 Å². The zero-order valence-corrected chi connectivity index (χ0v) is 14.0. The summed E-state index contributed by atoms with van der Waals surface area (Å²) in [6.07, 6.45) is 1.31. The van der Waals surface area contributed by atoms with Crippen LogP contribution in [0.4, 0.5) is 0 Å². The quantitative estimate of drug-likeness (QED) is 0.809. The van der Waals surface area contributed by atoms with Crippen LogP contribution >= 0.6 is 11.6 Å². The van der Waals surface area contributed by atoms with Crippen LogP contribution in [0.25, 0.3) is 11.4 Å². The molecule has 2 atom stereocenters. The van der Waals surface area contributed by atoms with E-state index in [2.05, 4.69) is 15.5 Å². The van der Waals surface area contributed by atoms with Gasteiger partial charge in [0, 0.05) is 23.6 Å². The molecule has 3 N–H and O–H groups in total. The average Bonchev–Trinajstić information content (AvgIpc) is 3.02. The first-order chi connectivity index (χ1) is 11.0. The van der Waals surface area contributed by atoms with Crippen molar-refractivity contribution in [2.24, 2.45) is 11.7 Å². The molecule has 0 aliphatic heterocycles. The van der Waals surface area contributed by atoms with E-state index in [-0.39, 0.29) is 11.8 Å². The standard InChI is InChI=1S/C16H21ClN4O2/c1-3-10(2)14(18)16(22)19-8-7-13-20-15(21-23-13)11-5-4-6-12(17)9-11/h4-6,9-10,14H,3,7-8,18H2,1-2H3,(H,19,22). The van der Waals surface area contributed by atoms with Gasteiger partial charge in [-0.05, 0) is 18.1 Å². The van der Waals surface area contributed by atoms with Crippen LogP contribution in [-0.4, -0.2) is 28.6 Å². The topological polar surface area (TPSA) is 94.0 Å². The highest BCUT2D eigenvalue weighted by Gasteiger charge is 2.19. The van der Waals surface area contributed by atoms with Gasteiger partial charge in [-0.1, -0.05) is 49.2 Å². The van der Waals surface area contributed by atoms with Gasteiger partial charge in [0.15, 0.2) is 0 Å². The maximum absolute atomic E-state index is 11.9. The minimum Gasteiger partial charge on any atom is -0.354 e. The van der Waals surface area contributed by atoms with Gasteiger partial charge in [-0.2, -0.15) is 4.98 Å². The fourth-order valence-corrected chi connectivity index (χ4v) is 2.21. The molecule has 0 aliphatic carbocycles. The van der Waals surface area contributed by atoms with E-state index in [0.29, 0.717) is 29.7 Å². The molecule has 0 aliphatic rings. The van der Waals surface area contributed by atoms with E-state index >= 15 is 0 Å². The molecule has 0 fully saturated rings. The van der Waals surface area contributed by atoms with Crippen molar-refractivity contribution in [3.05, 3.63) is 35.2 Å². The van der Waals surface area contributed by atoms with Gasteiger partial charge < -0.3 is 15.6 Å². The van der Waals surface area contributed by atoms with E-state index in [1.54, 1.807) is 12.1 Å².